The van der Waals surface area contributed by atoms with Crippen LogP contribution in [0.4, 0.5) is 0 Å². The van der Waals surface area contributed by atoms with Crippen molar-refractivity contribution in [1.82, 2.24) is 4.98 Å². The van der Waals surface area contributed by atoms with Gasteiger partial charge in [-0.3, -0.25) is 14.6 Å². The third-order valence-electron chi connectivity index (χ3n) is 4.24. The molecule has 1 aromatic heterocycles. The first-order valence-electron chi connectivity index (χ1n) is 7.99. The third-order valence-corrected chi connectivity index (χ3v) is 4.47. The Hall–Kier alpha value is -2.24. The number of pyridine rings is 1. The summed E-state index contributed by atoms with van der Waals surface area (Å²) in [6.07, 6.45) is 2.89. The number of hydrogen-bond donors (Lipinski definition) is 0. The van der Waals surface area contributed by atoms with E-state index in [0.29, 0.717) is 17.0 Å². The average molecular weight is 360 g/mol. The SMILES string of the molecule is COC(=O)C1C(=O)C[C@@H](Cc2cccc(Cl)c2)O[C@H]1c1cccnc1. The van der Waals surface area contributed by atoms with E-state index in [4.69, 9.17) is 21.1 Å². The second-order valence-electron chi connectivity index (χ2n) is 5.97. The zero-order valence-corrected chi connectivity index (χ0v) is 14.5. The number of nitrogens with zero attached hydrogens (tertiary/aromatic N) is 1. The molecular formula is C19H18ClNO4. The van der Waals surface area contributed by atoms with Crippen molar-refractivity contribution >= 4 is 23.4 Å². The molecule has 130 valence electrons. The summed E-state index contributed by atoms with van der Waals surface area (Å²) in [5.41, 5.74) is 1.66. The zero-order valence-electron chi connectivity index (χ0n) is 13.7. The van der Waals surface area contributed by atoms with Gasteiger partial charge in [-0.25, -0.2) is 0 Å². The second-order valence-corrected chi connectivity index (χ2v) is 6.41. The number of methoxy groups -OCH3 is 1. The molecule has 3 atom stereocenters. The van der Waals surface area contributed by atoms with Gasteiger partial charge >= 0.3 is 5.97 Å². The Kier molecular flexibility index (Phi) is 5.46. The molecule has 1 aromatic carbocycles. The van der Waals surface area contributed by atoms with Crippen LogP contribution in [0.2, 0.25) is 5.02 Å². The van der Waals surface area contributed by atoms with Gasteiger partial charge in [0.05, 0.1) is 13.2 Å². The Morgan fingerprint density at radius 2 is 2.20 bits per heavy atom. The average Bonchev–Trinajstić information content (AvgIpc) is 2.61. The van der Waals surface area contributed by atoms with Gasteiger partial charge in [0, 0.05) is 29.4 Å². The van der Waals surface area contributed by atoms with Crippen LogP contribution >= 0.6 is 11.6 Å². The van der Waals surface area contributed by atoms with E-state index in [1.807, 2.05) is 18.2 Å². The van der Waals surface area contributed by atoms with Crippen molar-refractivity contribution in [3.8, 4) is 0 Å². The van der Waals surface area contributed by atoms with Crippen LogP contribution in [0.15, 0.2) is 48.8 Å². The Morgan fingerprint density at radius 1 is 1.36 bits per heavy atom. The largest absolute Gasteiger partial charge is 0.468 e. The fraction of sp³-hybridized carbons (Fsp3) is 0.316. The minimum absolute atomic E-state index is 0.156. The van der Waals surface area contributed by atoms with E-state index in [1.54, 1.807) is 30.6 Å². The van der Waals surface area contributed by atoms with Crippen LogP contribution in [0, 0.1) is 5.92 Å². The van der Waals surface area contributed by atoms with Gasteiger partial charge in [0.1, 0.15) is 12.0 Å². The second kappa shape index (κ2) is 7.76. The molecule has 2 heterocycles. The molecule has 5 nitrogen and oxygen atoms in total. The van der Waals surface area contributed by atoms with Crippen LogP contribution in [0.3, 0.4) is 0 Å². The van der Waals surface area contributed by atoms with Gasteiger partial charge in [-0.1, -0.05) is 29.8 Å². The number of esters is 1. The molecule has 0 radical (unpaired) electrons. The van der Waals surface area contributed by atoms with Gasteiger partial charge in [-0.2, -0.15) is 0 Å². The molecule has 3 rings (SSSR count). The predicted molar refractivity (Wildman–Crippen MR) is 92.1 cm³/mol. The predicted octanol–water partition coefficient (Wildman–Crippen LogP) is 3.17. The van der Waals surface area contributed by atoms with Crippen LogP contribution in [0.5, 0.6) is 0 Å². The van der Waals surface area contributed by atoms with E-state index in [0.717, 1.165) is 5.56 Å². The summed E-state index contributed by atoms with van der Waals surface area (Å²) in [6.45, 7) is 0. The number of carbonyl (C=O) groups is 2. The number of halogens is 1. The van der Waals surface area contributed by atoms with E-state index in [-0.39, 0.29) is 18.3 Å². The van der Waals surface area contributed by atoms with Gasteiger partial charge in [-0.05, 0) is 30.2 Å². The lowest BCUT2D eigenvalue weighted by Crippen LogP contribution is -2.42. The van der Waals surface area contributed by atoms with Crippen LogP contribution in [0.1, 0.15) is 23.7 Å². The van der Waals surface area contributed by atoms with Crippen molar-refractivity contribution < 1.29 is 19.1 Å². The maximum atomic E-state index is 12.6. The van der Waals surface area contributed by atoms with Crippen molar-refractivity contribution in [2.75, 3.05) is 7.11 Å². The Bertz CT molecular complexity index is 765. The first kappa shape index (κ1) is 17.6. The monoisotopic (exact) mass is 359 g/mol. The number of hydrogen-bond acceptors (Lipinski definition) is 5. The molecule has 1 saturated heterocycles. The minimum Gasteiger partial charge on any atom is -0.468 e. The molecule has 6 heteroatoms. The number of ether oxygens (including phenoxy) is 2. The van der Waals surface area contributed by atoms with Crippen molar-refractivity contribution in [1.29, 1.82) is 0 Å². The number of benzene rings is 1. The minimum atomic E-state index is -0.968. The summed E-state index contributed by atoms with van der Waals surface area (Å²) in [7, 11) is 1.27. The summed E-state index contributed by atoms with van der Waals surface area (Å²) in [6, 6.07) is 11.0. The fourth-order valence-corrected chi connectivity index (χ4v) is 3.31. The van der Waals surface area contributed by atoms with Crippen molar-refractivity contribution in [3.05, 3.63) is 64.9 Å². The summed E-state index contributed by atoms with van der Waals surface area (Å²) >= 11 is 6.02. The lowest BCUT2D eigenvalue weighted by molar-refractivity contribution is -0.167. The van der Waals surface area contributed by atoms with E-state index < -0.39 is 18.0 Å². The van der Waals surface area contributed by atoms with Crippen LogP contribution < -0.4 is 0 Å². The molecule has 1 aliphatic heterocycles. The molecule has 1 aliphatic rings. The van der Waals surface area contributed by atoms with E-state index in [9.17, 15) is 9.59 Å². The maximum Gasteiger partial charge on any atom is 0.319 e. The normalized spacial score (nSPS) is 23.3. The molecular weight excluding hydrogens is 342 g/mol. The first-order valence-corrected chi connectivity index (χ1v) is 8.36. The molecule has 0 aliphatic carbocycles. The molecule has 0 N–H and O–H groups in total. The molecule has 1 fully saturated rings. The van der Waals surface area contributed by atoms with Gasteiger partial charge in [0.25, 0.3) is 0 Å². The fourth-order valence-electron chi connectivity index (χ4n) is 3.10. The van der Waals surface area contributed by atoms with E-state index in [2.05, 4.69) is 4.98 Å². The highest BCUT2D eigenvalue weighted by molar-refractivity contribution is 6.30. The summed E-state index contributed by atoms with van der Waals surface area (Å²) in [5, 5.41) is 0.635. The van der Waals surface area contributed by atoms with Gasteiger partial charge in [0.15, 0.2) is 5.78 Å². The topological polar surface area (TPSA) is 65.5 Å². The Labute approximate surface area is 150 Å². The molecule has 2 aromatic rings. The lowest BCUT2D eigenvalue weighted by Gasteiger charge is -2.34. The quantitative estimate of drug-likeness (QED) is 0.619. The third kappa shape index (κ3) is 4.06. The van der Waals surface area contributed by atoms with Crippen molar-refractivity contribution in [2.24, 2.45) is 5.92 Å². The number of aromatic nitrogens is 1. The number of ketones is 1. The molecule has 0 bridgehead atoms. The Morgan fingerprint density at radius 3 is 2.88 bits per heavy atom. The number of Topliss-reactive ketones (excluding diaryl/α,β-unsaturated/α-hetero) is 1. The van der Waals surface area contributed by atoms with Gasteiger partial charge in [0.2, 0.25) is 0 Å². The first-order chi connectivity index (χ1) is 12.1. The van der Waals surface area contributed by atoms with Crippen molar-refractivity contribution in [2.45, 2.75) is 25.0 Å². The number of carbonyl (C=O) groups excluding carboxylic acids is 2. The van der Waals surface area contributed by atoms with E-state index >= 15 is 0 Å². The molecule has 25 heavy (non-hydrogen) atoms. The highest BCUT2D eigenvalue weighted by atomic mass is 35.5. The smallest absolute Gasteiger partial charge is 0.319 e. The molecule has 0 amide bonds. The number of rotatable bonds is 4. The van der Waals surface area contributed by atoms with Crippen LogP contribution in [-0.4, -0.2) is 30.0 Å². The van der Waals surface area contributed by atoms with Crippen LogP contribution in [-0.2, 0) is 25.5 Å². The highest BCUT2D eigenvalue weighted by Gasteiger charge is 2.43. The zero-order chi connectivity index (χ0) is 17.8. The molecule has 0 spiro atoms. The van der Waals surface area contributed by atoms with Crippen molar-refractivity contribution in [3.63, 3.8) is 0 Å². The maximum absolute atomic E-state index is 12.6. The Balaban J connectivity index is 1.85. The standard InChI is InChI=1S/C19H18ClNO4/c1-24-19(23)17-16(22)10-15(9-12-4-2-6-14(20)8-12)25-18(17)13-5-3-7-21-11-13/h2-8,11,15,17-18H,9-10H2,1H3/t15-,17?,18+/m1/s1. The summed E-state index contributed by atoms with van der Waals surface area (Å²) in [5.74, 6) is -1.73. The molecule has 0 saturated carbocycles. The summed E-state index contributed by atoms with van der Waals surface area (Å²) < 4.78 is 10.9. The van der Waals surface area contributed by atoms with Gasteiger partial charge in [-0.15, -0.1) is 0 Å². The lowest BCUT2D eigenvalue weighted by atomic mass is 9.85. The van der Waals surface area contributed by atoms with Crippen LogP contribution in [0.25, 0.3) is 0 Å². The highest BCUT2D eigenvalue weighted by Crippen LogP contribution is 2.36. The van der Waals surface area contributed by atoms with Gasteiger partial charge < -0.3 is 9.47 Å². The van der Waals surface area contributed by atoms with E-state index in [1.165, 1.54) is 7.11 Å². The summed E-state index contributed by atoms with van der Waals surface area (Å²) in [4.78, 5) is 28.8. The molecule has 1 unspecified atom stereocenters.